The Labute approximate surface area is 118 Å². The van der Waals surface area contributed by atoms with Gasteiger partial charge in [-0.1, -0.05) is 0 Å². The molecule has 1 aromatic rings. The van der Waals surface area contributed by atoms with E-state index in [-0.39, 0.29) is 16.8 Å². The normalized spacial score (nSPS) is 16.3. The second-order valence-electron chi connectivity index (χ2n) is 5.43. The van der Waals surface area contributed by atoms with Crippen LogP contribution >= 0.6 is 0 Å². The number of nitrogens with zero attached hydrogens (tertiary/aromatic N) is 3. The highest BCUT2D eigenvalue weighted by molar-refractivity contribution is 5.59. The van der Waals surface area contributed by atoms with E-state index in [0.717, 1.165) is 19.4 Å². The summed E-state index contributed by atoms with van der Waals surface area (Å²) in [5.41, 5.74) is 0.767. The molecule has 6 heteroatoms. The average Bonchev–Trinajstić information content (AvgIpc) is 2.36. The molecular weight excluding hydrogens is 256 g/mol. The van der Waals surface area contributed by atoms with Crippen molar-refractivity contribution in [2.45, 2.75) is 24.8 Å². The van der Waals surface area contributed by atoms with E-state index in [9.17, 15) is 10.1 Å². The van der Waals surface area contributed by atoms with Gasteiger partial charge >= 0.3 is 0 Å². The second-order valence-corrected chi connectivity index (χ2v) is 5.43. The molecule has 1 aliphatic rings. The lowest BCUT2D eigenvalue weighted by atomic mass is 9.75. The van der Waals surface area contributed by atoms with Crippen LogP contribution in [0.5, 0.6) is 0 Å². The predicted molar refractivity (Wildman–Crippen MR) is 76.6 cm³/mol. The van der Waals surface area contributed by atoms with Gasteiger partial charge in [0.15, 0.2) is 0 Å². The second kappa shape index (κ2) is 5.47. The highest BCUT2D eigenvalue weighted by Crippen LogP contribution is 2.36. The third-order valence-corrected chi connectivity index (χ3v) is 4.17. The van der Waals surface area contributed by atoms with Gasteiger partial charge in [-0.25, -0.2) is 0 Å². The first kappa shape index (κ1) is 14.3. The Balaban J connectivity index is 2.13. The van der Waals surface area contributed by atoms with Crippen LogP contribution in [-0.4, -0.2) is 36.0 Å². The number of nitro benzene ring substituents is 1. The van der Waals surface area contributed by atoms with Gasteiger partial charge < -0.3 is 10.2 Å². The standard InChI is InChI=1S/C14H18N4O2/c1-17(2)14(6-3-7-14)10-16-12-5-4-11(9-15)13(8-12)18(19)20/h4-5,8,16H,3,6-7,10H2,1-2H3. The molecule has 0 heterocycles. The summed E-state index contributed by atoms with van der Waals surface area (Å²) >= 11 is 0. The van der Waals surface area contributed by atoms with Gasteiger partial charge in [0.1, 0.15) is 11.6 Å². The summed E-state index contributed by atoms with van der Waals surface area (Å²) in [5.74, 6) is 0. The van der Waals surface area contributed by atoms with E-state index in [1.54, 1.807) is 6.07 Å². The molecule has 1 N–H and O–H groups in total. The van der Waals surface area contributed by atoms with Crippen molar-refractivity contribution in [3.8, 4) is 6.07 Å². The third-order valence-electron chi connectivity index (χ3n) is 4.17. The van der Waals surface area contributed by atoms with Gasteiger partial charge in [0.2, 0.25) is 0 Å². The maximum absolute atomic E-state index is 10.9. The summed E-state index contributed by atoms with van der Waals surface area (Å²) < 4.78 is 0. The van der Waals surface area contributed by atoms with Crippen LogP contribution < -0.4 is 5.32 Å². The number of nitrogens with one attached hydrogen (secondary N) is 1. The highest BCUT2D eigenvalue weighted by Gasteiger charge is 2.38. The molecule has 0 spiro atoms. The molecule has 0 saturated heterocycles. The fraction of sp³-hybridized carbons (Fsp3) is 0.500. The van der Waals surface area contributed by atoms with Crippen molar-refractivity contribution in [3.05, 3.63) is 33.9 Å². The van der Waals surface area contributed by atoms with Crippen molar-refractivity contribution >= 4 is 11.4 Å². The Bertz CT molecular complexity index is 559. The van der Waals surface area contributed by atoms with Crippen molar-refractivity contribution in [3.63, 3.8) is 0 Å². The van der Waals surface area contributed by atoms with Gasteiger partial charge in [0, 0.05) is 23.8 Å². The summed E-state index contributed by atoms with van der Waals surface area (Å²) in [6, 6.07) is 6.48. The van der Waals surface area contributed by atoms with E-state index in [1.807, 2.05) is 6.07 Å². The Morgan fingerprint density at radius 2 is 2.20 bits per heavy atom. The number of anilines is 1. The zero-order valence-electron chi connectivity index (χ0n) is 11.7. The number of rotatable bonds is 5. The van der Waals surface area contributed by atoms with E-state index in [1.165, 1.54) is 18.6 Å². The largest absolute Gasteiger partial charge is 0.383 e. The molecule has 0 aliphatic heterocycles. The number of hydrogen-bond donors (Lipinski definition) is 1. The highest BCUT2D eigenvalue weighted by atomic mass is 16.6. The minimum absolute atomic E-state index is 0.0894. The van der Waals surface area contributed by atoms with Gasteiger partial charge in [-0.2, -0.15) is 5.26 Å². The summed E-state index contributed by atoms with van der Waals surface area (Å²) in [6.07, 6.45) is 3.48. The first-order valence-electron chi connectivity index (χ1n) is 6.58. The number of nitriles is 1. The lowest BCUT2D eigenvalue weighted by Crippen LogP contribution is -2.54. The molecule has 1 aliphatic carbocycles. The maximum Gasteiger partial charge on any atom is 0.289 e. The van der Waals surface area contributed by atoms with Crippen molar-refractivity contribution in [1.82, 2.24) is 4.90 Å². The van der Waals surface area contributed by atoms with Crippen molar-refractivity contribution in [2.24, 2.45) is 0 Å². The lowest BCUT2D eigenvalue weighted by molar-refractivity contribution is -0.385. The van der Waals surface area contributed by atoms with Crippen LogP contribution in [0.15, 0.2) is 18.2 Å². The Kier molecular flexibility index (Phi) is 3.91. The first-order valence-corrected chi connectivity index (χ1v) is 6.58. The van der Waals surface area contributed by atoms with Crippen LogP contribution in [0.4, 0.5) is 11.4 Å². The summed E-state index contributed by atoms with van der Waals surface area (Å²) in [7, 11) is 4.12. The van der Waals surface area contributed by atoms with Crippen LogP contribution in [-0.2, 0) is 0 Å². The summed E-state index contributed by atoms with van der Waals surface area (Å²) in [5, 5.41) is 23.0. The number of likely N-dealkylation sites (N-methyl/N-ethyl adjacent to an activating group) is 1. The molecule has 1 saturated carbocycles. The average molecular weight is 274 g/mol. The molecule has 0 radical (unpaired) electrons. The quantitative estimate of drug-likeness (QED) is 0.658. The molecule has 0 bridgehead atoms. The molecule has 20 heavy (non-hydrogen) atoms. The Morgan fingerprint density at radius 3 is 2.65 bits per heavy atom. The fourth-order valence-electron chi connectivity index (χ4n) is 2.52. The molecule has 2 rings (SSSR count). The zero-order chi connectivity index (χ0) is 14.8. The molecule has 0 atom stereocenters. The van der Waals surface area contributed by atoms with Gasteiger partial charge in [0.25, 0.3) is 5.69 Å². The van der Waals surface area contributed by atoms with Crippen molar-refractivity contribution < 1.29 is 4.92 Å². The first-order chi connectivity index (χ1) is 9.48. The maximum atomic E-state index is 10.9. The van der Waals surface area contributed by atoms with Crippen LogP contribution in [0.25, 0.3) is 0 Å². The third kappa shape index (κ3) is 2.58. The Hall–Kier alpha value is -2.13. The number of nitro groups is 1. The van der Waals surface area contributed by atoms with Crippen LogP contribution in [0.1, 0.15) is 24.8 Å². The van der Waals surface area contributed by atoms with Crippen LogP contribution in [0, 0.1) is 21.4 Å². The number of benzene rings is 1. The van der Waals surface area contributed by atoms with Gasteiger partial charge in [-0.05, 0) is 45.5 Å². The molecule has 6 nitrogen and oxygen atoms in total. The lowest BCUT2D eigenvalue weighted by Gasteiger charge is -2.47. The van der Waals surface area contributed by atoms with Crippen LogP contribution in [0.3, 0.4) is 0 Å². The minimum Gasteiger partial charge on any atom is -0.383 e. The van der Waals surface area contributed by atoms with E-state index >= 15 is 0 Å². The monoisotopic (exact) mass is 274 g/mol. The van der Waals surface area contributed by atoms with Crippen molar-refractivity contribution in [2.75, 3.05) is 26.0 Å². The summed E-state index contributed by atoms with van der Waals surface area (Å²) in [6.45, 7) is 0.753. The molecular formula is C14H18N4O2. The fourth-order valence-corrected chi connectivity index (χ4v) is 2.52. The molecule has 106 valence electrons. The van der Waals surface area contributed by atoms with Gasteiger partial charge in [0.05, 0.1) is 4.92 Å². The van der Waals surface area contributed by atoms with Crippen LogP contribution in [0.2, 0.25) is 0 Å². The predicted octanol–water partition coefficient (Wildman–Crippen LogP) is 2.36. The Morgan fingerprint density at radius 1 is 1.50 bits per heavy atom. The molecule has 1 fully saturated rings. The molecule has 1 aromatic carbocycles. The van der Waals surface area contributed by atoms with Gasteiger partial charge in [-0.15, -0.1) is 0 Å². The molecule has 0 amide bonds. The van der Waals surface area contributed by atoms with E-state index in [0.29, 0.717) is 5.69 Å². The van der Waals surface area contributed by atoms with E-state index < -0.39 is 4.92 Å². The van der Waals surface area contributed by atoms with Crippen molar-refractivity contribution in [1.29, 1.82) is 5.26 Å². The smallest absolute Gasteiger partial charge is 0.289 e. The molecule has 0 unspecified atom stereocenters. The summed E-state index contributed by atoms with van der Waals surface area (Å²) in [4.78, 5) is 12.6. The van der Waals surface area contributed by atoms with Gasteiger partial charge in [-0.3, -0.25) is 10.1 Å². The van der Waals surface area contributed by atoms with E-state index in [2.05, 4.69) is 24.3 Å². The SMILES string of the molecule is CN(C)C1(CNc2ccc(C#N)c([N+](=O)[O-])c2)CCC1. The number of hydrogen-bond acceptors (Lipinski definition) is 5. The minimum atomic E-state index is -0.519. The topological polar surface area (TPSA) is 82.2 Å². The van der Waals surface area contributed by atoms with E-state index in [4.69, 9.17) is 5.26 Å². The zero-order valence-corrected chi connectivity index (χ0v) is 11.7. The molecule has 0 aromatic heterocycles.